The number of carbonyl (C=O) groups excluding carboxylic acids is 1. The van der Waals surface area contributed by atoms with Gasteiger partial charge in [-0.2, -0.15) is 13.2 Å². The molecule has 2 fully saturated rings. The first-order chi connectivity index (χ1) is 15.3. The second kappa shape index (κ2) is 10.6. The number of imidazole rings is 1. The van der Waals surface area contributed by atoms with Gasteiger partial charge in [-0.3, -0.25) is 4.79 Å². The largest absolute Gasteiger partial charge is 0.490 e. The third-order valence-electron chi connectivity index (χ3n) is 5.67. The second-order valence-electron chi connectivity index (χ2n) is 7.96. The molecule has 0 unspecified atom stereocenters. The quantitative estimate of drug-likeness (QED) is 0.718. The van der Waals surface area contributed by atoms with Gasteiger partial charge in [0.15, 0.2) is 0 Å². The summed E-state index contributed by atoms with van der Waals surface area (Å²) in [5, 5.41) is 10.3. The standard InChI is InChI=1S/C20H26N4O.C2HF3O2/c25-20(19-11-12-21-19)24(18-9-5-2-6-10-18)14-16-13-23(15-22-16)17-7-3-1-4-8-17;3-2(4,5)1(6)7/h2,5-6,9-10,13,15,17,19,21H,1,3-4,7-8,11-12,14H2;(H,6,7)/t19-;/m1./s1. The van der Waals surface area contributed by atoms with Crippen molar-refractivity contribution in [2.24, 2.45) is 0 Å². The zero-order valence-corrected chi connectivity index (χ0v) is 17.6. The summed E-state index contributed by atoms with van der Waals surface area (Å²) in [7, 11) is 0. The van der Waals surface area contributed by atoms with Crippen molar-refractivity contribution in [2.75, 3.05) is 11.4 Å². The predicted molar refractivity (Wildman–Crippen MR) is 112 cm³/mol. The van der Waals surface area contributed by atoms with Crippen molar-refractivity contribution in [3.05, 3.63) is 48.5 Å². The van der Waals surface area contributed by atoms with Gasteiger partial charge in [-0.1, -0.05) is 37.5 Å². The molecule has 1 aromatic carbocycles. The Bertz CT molecular complexity index is 891. The highest BCUT2D eigenvalue weighted by molar-refractivity contribution is 5.97. The normalized spacial score (nSPS) is 18.8. The molecule has 0 radical (unpaired) electrons. The highest BCUT2D eigenvalue weighted by Gasteiger charge is 2.38. The average molecular weight is 452 g/mol. The van der Waals surface area contributed by atoms with E-state index in [1.54, 1.807) is 0 Å². The Morgan fingerprint density at radius 1 is 1.12 bits per heavy atom. The van der Waals surface area contributed by atoms with Crippen LogP contribution in [0.15, 0.2) is 42.9 Å². The number of amides is 1. The number of anilines is 1. The number of nitrogens with zero attached hydrogens (tertiary/aromatic N) is 3. The number of carboxylic acids is 1. The molecule has 7 nitrogen and oxygen atoms in total. The molecule has 1 atom stereocenters. The van der Waals surface area contributed by atoms with Gasteiger partial charge in [0.1, 0.15) is 0 Å². The maximum Gasteiger partial charge on any atom is 0.490 e. The molecule has 174 valence electrons. The number of aliphatic carboxylic acids is 1. The van der Waals surface area contributed by atoms with Crippen LogP contribution in [0.4, 0.5) is 18.9 Å². The van der Waals surface area contributed by atoms with E-state index in [1.165, 1.54) is 32.1 Å². The molecule has 1 amide bonds. The molecule has 32 heavy (non-hydrogen) atoms. The number of nitrogens with one attached hydrogen (secondary N) is 1. The summed E-state index contributed by atoms with van der Waals surface area (Å²) in [6.45, 7) is 1.45. The molecule has 2 aliphatic rings. The van der Waals surface area contributed by atoms with Crippen LogP contribution < -0.4 is 10.2 Å². The lowest BCUT2D eigenvalue weighted by atomic mass is 9.95. The summed E-state index contributed by atoms with van der Waals surface area (Å²) in [6.07, 6.45) is 6.35. The fourth-order valence-electron chi connectivity index (χ4n) is 3.79. The van der Waals surface area contributed by atoms with Gasteiger partial charge in [0.05, 0.1) is 24.6 Å². The van der Waals surface area contributed by atoms with Crippen molar-refractivity contribution >= 4 is 17.6 Å². The molecule has 4 rings (SSSR count). The van der Waals surface area contributed by atoms with Gasteiger partial charge >= 0.3 is 12.1 Å². The van der Waals surface area contributed by atoms with Gasteiger partial charge in [0.25, 0.3) is 0 Å². The van der Waals surface area contributed by atoms with E-state index in [4.69, 9.17) is 9.90 Å². The number of para-hydroxylation sites is 1. The number of benzene rings is 1. The van der Waals surface area contributed by atoms with Crippen LogP contribution in [0.1, 0.15) is 50.3 Å². The number of hydrogen-bond acceptors (Lipinski definition) is 4. The first kappa shape index (κ1) is 23.8. The van der Waals surface area contributed by atoms with Crippen molar-refractivity contribution in [3.63, 3.8) is 0 Å². The van der Waals surface area contributed by atoms with Gasteiger partial charge in [-0.05, 0) is 37.9 Å². The highest BCUT2D eigenvalue weighted by Crippen LogP contribution is 2.28. The Labute approximate surface area is 184 Å². The molecule has 1 aliphatic carbocycles. The molecule has 1 saturated heterocycles. The van der Waals surface area contributed by atoms with E-state index in [2.05, 4.69) is 21.1 Å². The topological polar surface area (TPSA) is 87.5 Å². The molecule has 1 aromatic heterocycles. The first-order valence-electron chi connectivity index (χ1n) is 10.7. The Kier molecular flexibility index (Phi) is 7.89. The van der Waals surface area contributed by atoms with Crippen LogP contribution in [-0.2, 0) is 16.1 Å². The van der Waals surface area contributed by atoms with Gasteiger partial charge < -0.3 is 19.9 Å². The van der Waals surface area contributed by atoms with Crippen LogP contribution in [0, 0.1) is 0 Å². The molecule has 1 saturated carbocycles. The number of rotatable bonds is 5. The summed E-state index contributed by atoms with van der Waals surface area (Å²) in [5.41, 5.74) is 1.90. The molecule has 10 heteroatoms. The number of halogens is 3. The minimum Gasteiger partial charge on any atom is -0.475 e. The number of carboxylic acid groups (broad SMARTS) is 1. The zero-order valence-electron chi connectivity index (χ0n) is 17.6. The van der Waals surface area contributed by atoms with Crippen LogP contribution in [0.2, 0.25) is 0 Å². The van der Waals surface area contributed by atoms with Crippen LogP contribution in [0.5, 0.6) is 0 Å². The summed E-state index contributed by atoms with van der Waals surface area (Å²) in [4.78, 5) is 28.2. The minimum atomic E-state index is -5.08. The molecule has 2 aromatic rings. The molecule has 2 heterocycles. The van der Waals surface area contributed by atoms with Crippen molar-refractivity contribution < 1.29 is 27.9 Å². The number of carbonyl (C=O) groups is 2. The van der Waals surface area contributed by atoms with E-state index in [1.807, 2.05) is 41.6 Å². The highest BCUT2D eigenvalue weighted by atomic mass is 19.4. The van der Waals surface area contributed by atoms with E-state index in [0.29, 0.717) is 12.6 Å². The van der Waals surface area contributed by atoms with E-state index in [-0.39, 0.29) is 11.9 Å². The van der Waals surface area contributed by atoms with Gasteiger partial charge in [-0.15, -0.1) is 0 Å². The van der Waals surface area contributed by atoms with E-state index >= 15 is 0 Å². The van der Waals surface area contributed by atoms with Crippen molar-refractivity contribution in [1.82, 2.24) is 14.9 Å². The van der Waals surface area contributed by atoms with Crippen molar-refractivity contribution in [3.8, 4) is 0 Å². The monoisotopic (exact) mass is 452 g/mol. The van der Waals surface area contributed by atoms with E-state index in [0.717, 1.165) is 24.3 Å². The Balaban J connectivity index is 0.000000360. The third-order valence-corrected chi connectivity index (χ3v) is 5.67. The number of hydrogen-bond donors (Lipinski definition) is 2. The lowest BCUT2D eigenvalue weighted by molar-refractivity contribution is -0.192. The van der Waals surface area contributed by atoms with E-state index < -0.39 is 12.1 Å². The third kappa shape index (κ3) is 6.32. The summed E-state index contributed by atoms with van der Waals surface area (Å²) >= 11 is 0. The molecule has 1 aliphatic heterocycles. The summed E-state index contributed by atoms with van der Waals surface area (Å²) in [5.74, 6) is -2.61. The Morgan fingerprint density at radius 2 is 1.75 bits per heavy atom. The van der Waals surface area contributed by atoms with Crippen LogP contribution in [0.3, 0.4) is 0 Å². The van der Waals surface area contributed by atoms with E-state index in [9.17, 15) is 18.0 Å². The molecule has 2 N–H and O–H groups in total. The fourth-order valence-corrected chi connectivity index (χ4v) is 3.79. The van der Waals surface area contributed by atoms with Crippen molar-refractivity contribution in [2.45, 2.75) is 63.3 Å². The van der Waals surface area contributed by atoms with Gasteiger partial charge in [-0.25, -0.2) is 9.78 Å². The molecule has 0 bridgehead atoms. The summed E-state index contributed by atoms with van der Waals surface area (Å²) in [6, 6.07) is 10.4. The zero-order chi connectivity index (χ0) is 23.1. The lowest BCUT2D eigenvalue weighted by Crippen LogP contribution is -2.54. The number of alkyl halides is 3. The van der Waals surface area contributed by atoms with Gasteiger partial charge in [0, 0.05) is 17.9 Å². The predicted octanol–water partition coefficient (Wildman–Crippen LogP) is 3.92. The van der Waals surface area contributed by atoms with Gasteiger partial charge in [0.2, 0.25) is 5.91 Å². The Morgan fingerprint density at radius 3 is 2.28 bits per heavy atom. The van der Waals surface area contributed by atoms with Crippen LogP contribution in [-0.4, -0.2) is 45.3 Å². The lowest BCUT2D eigenvalue weighted by Gasteiger charge is -2.32. The maximum atomic E-state index is 12.9. The Hall–Kier alpha value is -2.88. The van der Waals surface area contributed by atoms with Crippen molar-refractivity contribution in [1.29, 1.82) is 0 Å². The number of aromatic nitrogens is 2. The fraction of sp³-hybridized carbons (Fsp3) is 0.500. The molecule has 0 spiro atoms. The maximum absolute atomic E-state index is 12.9. The smallest absolute Gasteiger partial charge is 0.475 e. The summed E-state index contributed by atoms with van der Waals surface area (Å²) < 4.78 is 34.0. The second-order valence-corrected chi connectivity index (χ2v) is 7.96. The average Bonchev–Trinajstić information content (AvgIpc) is 3.20. The molecular weight excluding hydrogens is 425 g/mol. The van der Waals surface area contributed by atoms with Crippen LogP contribution >= 0.6 is 0 Å². The first-order valence-corrected chi connectivity index (χ1v) is 10.7. The SMILES string of the molecule is O=C(O)C(F)(F)F.O=C([C@H]1CCN1)N(Cc1cn(C2CCCCC2)cn1)c1ccccc1. The minimum absolute atomic E-state index is 0.0550. The van der Waals surface area contributed by atoms with Crippen LogP contribution in [0.25, 0.3) is 0 Å². The molecular formula is C22H27F3N4O3.